The SMILES string of the molecule is Cl[C@@H]1CCO[C@@H]1Cl. The smallest absolute Gasteiger partial charge is 0.147 e. The fourth-order valence-corrected chi connectivity index (χ4v) is 0.906. The van der Waals surface area contributed by atoms with Gasteiger partial charge in [-0.25, -0.2) is 0 Å². The first-order chi connectivity index (χ1) is 3.30. The Morgan fingerprint density at radius 1 is 1.43 bits per heavy atom. The molecule has 0 spiro atoms. The van der Waals surface area contributed by atoms with Crippen molar-refractivity contribution in [3.05, 3.63) is 0 Å². The van der Waals surface area contributed by atoms with Crippen LogP contribution in [0.3, 0.4) is 0 Å². The van der Waals surface area contributed by atoms with Crippen LogP contribution in [0.15, 0.2) is 0 Å². The van der Waals surface area contributed by atoms with E-state index < -0.39 is 0 Å². The molecule has 2 atom stereocenters. The average molecular weight is 141 g/mol. The topological polar surface area (TPSA) is 9.23 Å². The van der Waals surface area contributed by atoms with Crippen LogP contribution in [0.1, 0.15) is 6.42 Å². The van der Waals surface area contributed by atoms with E-state index in [1.165, 1.54) is 0 Å². The van der Waals surface area contributed by atoms with Crippen LogP contribution in [0.25, 0.3) is 0 Å². The van der Waals surface area contributed by atoms with Crippen molar-refractivity contribution in [1.82, 2.24) is 0 Å². The van der Waals surface area contributed by atoms with Crippen LogP contribution in [0, 0.1) is 0 Å². The maximum atomic E-state index is 5.61. The fourth-order valence-electron chi connectivity index (χ4n) is 0.529. The second-order valence-electron chi connectivity index (χ2n) is 1.53. The van der Waals surface area contributed by atoms with Gasteiger partial charge in [0.05, 0.1) is 12.0 Å². The van der Waals surface area contributed by atoms with Gasteiger partial charge in [0.25, 0.3) is 0 Å². The van der Waals surface area contributed by atoms with Gasteiger partial charge in [-0.15, -0.1) is 11.6 Å². The standard InChI is InChI=1S/C4H6Cl2O/c5-3-1-2-7-4(3)6/h3-4H,1-2H2/t3-,4+/m1/s1. The molecule has 0 aromatic heterocycles. The number of alkyl halides is 2. The summed E-state index contributed by atoms with van der Waals surface area (Å²) in [6, 6.07) is 0. The molecule has 1 rings (SSSR count). The molecule has 1 saturated heterocycles. The van der Waals surface area contributed by atoms with Gasteiger partial charge in [0.2, 0.25) is 0 Å². The van der Waals surface area contributed by atoms with Crippen molar-refractivity contribution in [2.45, 2.75) is 17.4 Å². The maximum absolute atomic E-state index is 5.61. The Hall–Kier alpha value is 0.540. The van der Waals surface area contributed by atoms with Crippen LogP contribution < -0.4 is 0 Å². The Bertz CT molecular complexity index is 58.7. The lowest BCUT2D eigenvalue weighted by molar-refractivity contribution is 0.169. The van der Waals surface area contributed by atoms with Gasteiger partial charge in [-0.3, -0.25) is 0 Å². The Kier molecular flexibility index (Phi) is 1.79. The van der Waals surface area contributed by atoms with Crippen LogP contribution in [-0.2, 0) is 4.74 Å². The molecule has 0 unspecified atom stereocenters. The normalized spacial score (nSPS) is 42.0. The van der Waals surface area contributed by atoms with Crippen LogP contribution in [0.2, 0.25) is 0 Å². The van der Waals surface area contributed by atoms with E-state index in [4.69, 9.17) is 27.9 Å². The molecular weight excluding hydrogens is 135 g/mol. The lowest BCUT2D eigenvalue weighted by Gasteiger charge is -1.99. The molecule has 0 bridgehead atoms. The van der Waals surface area contributed by atoms with Gasteiger partial charge in [-0.05, 0) is 6.42 Å². The third-order valence-corrected chi connectivity index (χ3v) is 1.96. The van der Waals surface area contributed by atoms with Gasteiger partial charge in [-0.1, -0.05) is 11.6 Å². The molecule has 1 aliphatic rings. The van der Waals surface area contributed by atoms with E-state index in [0.29, 0.717) is 6.61 Å². The van der Waals surface area contributed by atoms with Crippen LogP contribution >= 0.6 is 23.2 Å². The number of rotatable bonds is 0. The molecule has 1 heterocycles. The Labute approximate surface area is 52.5 Å². The van der Waals surface area contributed by atoms with Crippen LogP contribution in [0.4, 0.5) is 0 Å². The zero-order valence-corrected chi connectivity index (χ0v) is 5.24. The van der Waals surface area contributed by atoms with Crippen molar-refractivity contribution in [3.63, 3.8) is 0 Å². The first kappa shape index (κ1) is 5.67. The second-order valence-corrected chi connectivity index (χ2v) is 2.52. The predicted molar refractivity (Wildman–Crippen MR) is 29.9 cm³/mol. The summed E-state index contributed by atoms with van der Waals surface area (Å²) in [5.41, 5.74) is -0.248. The number of ether oxygens (including phenoxy) is 1. The summed E-state index contributed by atoms with van der Waals surface area (Å²) in [5.74, 6) is 0. The summed E-state index contributed by atoms with van der Waals surface area (Å²) in [4.78, 5) is 0. The molecule has 0 aliphatic carbocycles. The highest BCUT2D eigenvalue weighted by Gasteiger charge is 2.22. The summed E-state index contributed by atoms with van der Waals surface area (Å²) in [6.07, 6.45) is 0.885. The van der Waals surface area contributed by atoms with E-state index in [2.05, 4.69) is 0 Å². The van der Waals surface area contributed by atoms with E-state index in [-0.39, 0.29) is 10.9 Å². The lowest BCUT2D eigenvalue weighted by atomic mass is 10.4. The fraction of sp³-hybridized carbons (Fsp3) is 1.00. The van der Waals surface area contributed by atoms with Gasteiger partial charge in [0, 0.05) is 0 Å². The summed E-state index contributed by atoms with van der Waals surface area (Å²) < 4.78 is 4.90. The molecule has 7 heavy (non-hydrogen) atoms. The summed E-state index contributed by atoms with van der Waals surface area (Å²) >= 11 is 11.1. The minimum atomic E-state index is -0.248. The van der Waals surface area contributed by atoms with Crippen molar-refractivity contribution < 1.29 is 4.74 Å². The monoisotopic (exact) mass is 140 g/mol. The largest absolute Gasteiger partial charge is 0.361 e. The Morgan fingerprint density at radius 2 is 2.14 bits per heavy atom. The molecule has 0 radical (unpaired) electrons. The second kappa shape index (κ2) is 2.21. The van der Waals surface area contributed by atoms with E-state index in [0.717, 1.165) is 6.42 Å². The van der Waals surface area contributed by atoms with Gasteiger partial charge in [0.15, 0.2) is 0 Å². The third kappa shape index (κ3) is 1.21. The molecule has 3 heteroatoms. The maximum Gasteiger partial charge on any atom is 0.147 e. The number of hydrogen-bond acceptors (Lipinski definition) is 1. The molecule has 0 amide bonds. The van der Waals surface area contributed by atoms with Crippen LogP contribution in [-0.4, -0.2) is 17.5 Å². The van der Waals surface area contributed by atoms with E-state index in [1.807, 2.05) is 0 Å². The zero-order chi connectivity index (χ0) is 5.28. The number of hydrogen-bond donors (Lipinski definition) is 0. The Morgan fingerprint density at radius 3 is 2.29 bits per heavy atom. The van der Waals surface area contributed by atoms with Gasteiger partial charge in [-0.2, -0.15) is 0 Å². The van der Waals surface area contributed by atoms with Crippen molar-refractivity contribution >= 4 is 23.2 Å². The van der Waals surface area contributed by atoms with E-state index in [9.17, 15) is 0 Å². The molecule has 1 fully saturated rings. The first-order valence-corrected chi connectivity index (χ1v) is 3.08. The number of halogens is 2. The van der Waals surface area contributed by atoms with Crippen LogP contribution in [0.5, 0.6) is 0 Å². The molecule has 0 saturated carbocycles. The molecule has 0 N–H and O–H groups in total. The lowest BCUT2D eigenvalue weighted by Crippen LogP contribution is -2.05. The van der Waals surface area contributed by atoms with E-state index in [1.54, 1.807) is 0 Å². The van der Waals surface area contributed by atoms with Crippen molar-refractivity contribution in [3.8, 4) is 0 Å². The quantitative estimate of drug-likeness (QED) is 0.465. The molecule has 0 aromatic carbocycles. The van der Waals surface area contributed by atoms with Gasteiger partial charge < -0.3 is 4.74 Å². The average Bonchev–Trinajstić information content (AvgIpc) is 1.91. The van der Waals surface area contributed by atoms with E-state index >= 15 is 0 Å². The minimum absolute atomic E-state index is 0.0293. The molecule has 0 aromatic rings. The molecule has 1 nitrogen and oxygen atoms in total. The highest BCUT2D eigenvalue weighted by molar-refractivity contribution is 6.29. The first-order valence-electron chi connectivity index (χ1n) is 2.20. The minimum Gasteiger partial charge on any atom is -0.361 e. The Balaban J connectivity index is 2.33. The molecule has 42 valence electrons. The van der Waals surface area contributed by atoms with Crippen molar-refractivity contribution in [1.29, 1.82) is 0 Å². The van der Waals surface area contributed by atoms with Gasteiger partial charge in [0.1, 0.15) is 5.56 Å². The summed E-state index contributed by atoms with van der Waals surface area (Å²) in [7, 11) is 0. The summed E-state index contributed by atoms with van der Waals surface area (Å²) in [6.45, 7) is 0.711. The predicted octanol–water partition coefficient (Wildman–Crippen LogP) is 1.58. The molecular formula is C4H6Cl2O. The van der Waals surface area contributed by atoms with Crippen molar-refractivity contribution in [2.75, 3.05) is 6.61 Å². The summed E-state index contributed by atoms with van der Waals surface area (Å²) in [5, 5.41) is 0.0293. The van der Waals surface area contributed by atoms with Gasteiger partial charge >= 0.3 is 0 Å². The van der Waals surface area contributed by atoms with Crippen molar-refractivity contribution in [2.24, 2.45) is 0 Å². The zero-order valence-electron chi connectivity index (χ0n) is 3.73. The molecule has 1 aliphatic heterocycles. The highest BCUT2D eigenvalue weighted by atomic mass is 35.5. The highest BCUT2D eigenvalue weighted by Crippen LogP contribution is 2.21. The third-order valence-electron chi connectivity index (χ3n) is 0.955.